The van der Waals surface area contributed by atoms with Crippen molar-refractivity contribution < 1.29 is 18.2 Å². The van der Waals surface area contributed by atoms with E-state index in [9.17, 15) is 13.2 Å². The maximum atomic E-state index is 12.4. The molecular weight excluding hydrogens is 292 g/mol. The summed E-state index contributed by atoms with van der Waals surface area (Å²) in [6.07, 6.45) is 3.35. The summed E-state index contributed by atoms with van der Waals surface area (Å²) in [5, 5.41) is 2.76. The highest BCUT2D eigenvalue weighted by Gasteiger charge is 2.29. The number of carbonyl (C=O) groups is 1. The molecule has 1 amide bonds. The Balaban J connectivity index is 1.79. The Hall–Kier alpha value is -1.67. The van der Waals surface area contributed by atoms with Crippen LogP contribution in [0.2, 0.25) is 0 Å². The first-order valence-electron chi connectivity index (χ1n) is 7.11. The van der Waals surface area contributed by atoms with E-state index in [0.29, 0.717) is 26.2 Å². The van der Waals surface area contributed by atoms with Gasteiger partial charge in [0.05, 0.1) is 6.54 Å². The van der Waals surface area contributed by atoms with Gasteiger partial charge in [-0.3, -0.25) is 9.69 Å². The molecule has 2 saturated heterocycles. The van der Waals surface area contributed by atoms with Gasteiger partial charge in [0.1, 0.15) is 17.6 Å². The number of amides is 1. The van der Waals surface area contributed by atoms with E-state index in [2.05, 4.69) is 10.3 Å². The number of aromatic nitrogens is 1. The Labute approximate surface area is 124 Å². The topological polar surface area (TPSA) is 83.9 Å². The first-order valence-corrected chi connectivity index (χ1v) is 8.55. The molecule has 0 bridgehead atoms. The normalized spacial score (nSPS) is 20.6. The van der Waals surface area contributed by atoms with E-state index in [1.165, 1.54) is 10.5 Å². The van der Waals surface area contributed by atoms with Crippen LogP contribution in [0.15, 0.2) is 23.2 Å². The predicted molar refractivity (Wildman–Crippen MR) is 76.2 cm³/mol. The van der Waals surface area contributed by atoms with Crippen LogP contribution in [0.25, 0.3) is 0 Å². The molecule has 0 aromatic carbocycles. The summed E-state index contributed by atoms with van der Waals surface area (Å²) in [5.41, 5.74) is 0. The Kier molecular flexibility index (Phi) is 3.81. The Bertz CT molecular complexity index is 623. The number of carbonyl (C=O) groups excluding carboxylic acids is 1. The van der Waals surface area contributed by atoms with Crippen molar-refractivity contribution in [3.8, 4) is 0 Å². The number of nitrogens with zero attached hydrogens (tertiary/aromatic N) is 2. The number of hydrogen-bond donors (Lipinski definition) is 1. The standard InChI is InChI=1S/C13H18N4O3S/c18-13-10-16(8-5-14-13)12-4-3-11(9-15-12)21(19,20)17-6-1-2-7-17/h3-4,9H,1-2,5-8,10H2,(H,14,18)/p+1. The molecule has 3 rings (SSSR count). The second-order valence-electron chi connectivity index (χ2n) is 5.29. The third-order valence-corrected chi connectivity index (χ3v) is 5.74. The van der Waals surface area contributed by atoms with Crippen LogP contribution in [0.5, 0.6) is 0 Å². The molecule has 0 saturated carbocycles. The third-order valence-electron chi connectivity index (χ3n) is 3.85. The lowest BCUT2D eigenvalue weighted by Gasteiger charge is -2.21. The van der Waals surface area contributed by atoms with Gasteiger partial charge in [0.15, 0.2) is 6.54 Å². The average molecular weight is 311 g/mol. The summed E-state index contributed by atoms with van der Waals surface area (Å²) in [4.78, 5) is 16.5. The van der Waals surface area contributed by atoms with Crippen LogP contribution in [-0.4, -0.2) is 51.4 Å². The molecule has 1 aromatic heterocycles. The molecule has 0 spiro atoms. The van der Waals surface area contributed by atoms with Gasteiger partial charge in [0.2, 0.25) is 10.0 Å². The zero-order chi connectivity index (χ0) is 14.9. The van der Waals surface area contributed by atoms with Crippen molar-refractivity contribution in [2.45, 2.75) is 17.7 Å². The number of rotatable bonds is 3. The molecule has 2 N–H and O–H groups in total. The number of pyridine rings is 1. The smallest absolute Gasteiger partial charge is 0.274 e. The molecule has 21 heavy (non-hydrogen) atoms. The minimum Gasteiger partial charge on any atom is -0.349 e. The Morgan fingerprint density at radius 2 is 1.90 bits per heavy atom. The summed E-state index contributed by atoms with van der Waals surface area (Å²) in [6, 6.07) is 3.33. The quantitative estimate of drug-likeness (QED) is 0.794. The van der Waals surface area contributed by atoms with Crippen molar-refractivity contribution in [1.82, 2.24) is 9.62 Å². The molecule has 3 heterocycles. The zero-order valence-corrected chi connectivity index (χ0v) is 12.5. The van der Waals surface area contributed by atoms with Gasteiger partial charge in [-0.05, 0) is 18.9 Å². The molecule has 1 aromatic rings. The molecule has 0 atom stereocenters. The largest absolute Gasteiger partial charge is 0.349 e. The lowest BCUT2D eigenvalue weighted by atomic mass is 10.3. The fourth-order valence-corrected chi connectivity index (χ4v) is 4.17. The highest BCUT2D eigenvalue weighted by Crippen LogP contribution is 2.20. The molecule has 2 aliphatic rings. The fourth-order valence-electron chi connectivity index (χ4n) is 2.68. The van der Waals surface area contributed by atoms with Crippen LogP contribution in [-0.2, 0) is 14.8 Å². The number of piperazine rings is 1. The SMILES string of the molecule is O=C1CN(c2ccc(S(=O)(=O)N3CCCC3)c[nH+]2)CCN1. The van der Waals surface area contributed by atoms with Crippen molar-refractivity contribution >= 4 is 21.7 Å². The van der Waals surface area contributed by atoms with Crippen LogP contribution >= 0.6 is 0 Å². The maximum Gasteiger partial charge on any atom is 0.274 e. The van der Waals surface area contributed by atoms with Gasteiger partial charge < -0.3 is 5.32 Å². The van der Waals surface area contributed by atoms with Crippen LogP contribution in [0.4, 0.5) is 5.82 Å². The van der Waals surface area contributed by atoms with Gasteiger partial charge in [-0.25, -0.2) is 13.4 Å². The van der Waals surface area contributed by atoms with E-state index in [1.54, 1.807) is 12.1 Å². The third kappa shape index (κ3) is 2.86. The lowest BCUT2D eigenvalue weighted by Crippen LogP contribution is -2.49. The first kappa shape index (κ1) is 14.3. The highest BCUT2D eigenvalue weighted by molar-refractivity contribution is 7.89. The summed E-state index contributed by atoms with van der Waals surface area (Å²) in [6.45, 7) is 2.78. The van der Waals surface area contributed by atoms with Gasteiger partial charge in [0, 0.05) is 19.2 Å². The van der Waals surface area contributed by atoms with E-state index in [-0.39, 0.29) is 17.3 Å². The summed E-state index contributed by atoms with van der Waals surface area (Å²) in [7, 11) is -3.39. The maximum absolute atomic E-state index is 12.4. The molecule has 114 valence electrons. The van der Waals surface area contributed by atoms with E-state index in [4.69, 9.17) is 0 Å². The lowest BCUT2D eigenvalue weighted by molar-refractivity contribution is -0.367. The predicted octanol–water partition coefficient (Wildman–Crippen LogP) is -0.779. The van der Waals surface area contributed by atoms with Crippen molar-refractivity contribution in [2.24, 2.45) is 0 Å². The number of sulfonamides is 1. The van der Waals surface area contributed by atoms with Gasteiger partial charge in [0.25, 0.3) is 11.7 Å². The van der Waals surface area contributed by atoms with E-state index in [0.717, 1.165) is 18.7 Å². The van der Waals surface area contributed by atoms with Gasteiger partial charge in [-0.15, -0.1) is 0 Å². The van der Waals surface area contributed by atoms with Gasteiger partial charge in [-0.2, -0.15) is 4.31 Å². The molecule has 2 fully saturated rings. The molecule has 0 unspecified atom stereocenters. The monoisotopic (exact) mass is 311 g/mol. The summed E-state index contributed by atoms with van der Waals surface area (Å²) < 4.78 is 26.3. The number of hydrogen-bond acceptors (Lipinski definition) is 4. The van der Waals surface area contributed by atoms with Crippen molar-refractivity contribution in [2.75, 3.05) is 37.6 Å². The van der Waals surface area contributed by atoms with Gasteiger partial charge >= 0.3 is 0 Å². The van der Waals surface area contributed by atoms with Crippen LogP contribution in [0, 0.1) is 0 Å². The van der Waals surface area contributed by atoms with Crippen molar-refractivity contribution in [1.29, 1.82) is 0 Å². The Morgan fingerprint density at radius 3 is 2.52 bits per heavy atom. The average Bonchev–Trinajstić information content (AvgIpc) is 3.02. The Morgan fingerprint density at radius 1 is 1.14 bits per heavy atom. The fraction of sp³-hybridized carbons (Fsp3) is 0.538. The van der Waals surface area contributed by atoms with E-state index in [1.807, 2.05) is 4.90 Å². The van der Waals surface area contributed by atoms with E-state index >= 15 is 0 Å². The number of aromatic amines is 1. The van der Waals surface area contributed by atoms with Crippen molar-refractivity contribution in [3.63, 3.8) is 0 Å². The summed E-state index contributed by atoms with van der Waals surface area (Å²) in [5.74, 6) is 0.730. The molecular formula is C13H19N4O3S+. The van der Waals surface area contributed by atoms with Crippen LogP contribution in [0.3, 0.4) is 0 Å². The minimum atomic E-state index is -3.39. The highest BCUT2D eigenvalue weighted by atomic mass is 32.2. The number of nitrogens with one attached hydrogen (secondary N) is 2. The van der Waals surface area contributed by atoms with Crippen molar-refractivity contribution in [3.05, 3.63) is 18.3 Å². The number of H-pyrrole nitrogens is 1. The van der Waals surface area contributed by atoms with Crippen LogP contribution < -0.4 is 15.2 Å². The van der Waals surface area contributed by atoms with Gasteiger partial charge in [-0.1, -0.05) is 0 Å². The molecule has 0 aliphatic carbocycles. The molecule has 8 heteroatoms. The first-order chi connectivity index (χ1) is 10.1. The molecule has 7 nitrogen and oxygen atoms in total. The number of anilines is 1. The minimum absolute atomic E-state index is 0.0246. The molecule has 2 aliphatic heterocycles. The van der Waals surface area contributed by atoms with E-state index < -0.39 is 10.0 Å². The molecule has 0 radical (unpaired) electrons. The second kappa shape index (κ2) is 5.61. The summed E-state index contributed by atoms with van der Waals surface area (Å²) >= 11 is 0. The zero-order valence-electron chi connectivity index (χ0n) is 11.7. The second-order valence-corrected chi connectivity index (χ2v) is 7.23. The van der Waals surface area contributed by atoms with Crippen LogP contribution in [0.1, 0.15) is 12.8 Å².